The molecule has 1 rings (SSSR count). The molecular formula is C9H13NO2S. The number of carbonyl (C=O) groups is 1. The Labute approximate surface area is 81.4 Å². The second kappa shape index (κ2) is 4.87. The molecule has 72 valence electrons. The van der Waals surface area contributed by atoms with E-state index < -0.39 is 5.97 Å². The van der Waals surface area contributed by atoms with E-state index >= 15 is 0 Å². The second-order valence-electron chi connectivity index (χ2n) is 2.75. The Balaban J connectivity index is 2.55. The fraction of sp³-hybridized carbons (Fsp3) is 0.444. The van der Waals surface area contributed by atoms with Crippen molar-refractivity contribution in [1.82, 2.24) is 0 Å². The number of hydrogen-bond acceptors (Lipinski definition) is 3. The molecule has 0 bridgehead atoms. The van der Waals surface area contributed by atoms with Crippen molar-refractivity contribution >= 4 is 23.0 Å². The summed E-state index contributed by atoms with van der Waals surface area (Å²) in [6.07, 6.45) is 2.18. The van der Waals surface area contributed by atoms with Crippen LogP contribution in [0.3, 0.4) is 0 Å². The molecule has 1 aromatic heterocycles. The smallest absolute Gasteiger partial charge is 0.348 e. The van der Waals surface area contributed by atoms with Gasteiger partial charge in [-0.2, -0.15) is 0 Å². The minimum Gasteiger partial charge on any atom is -0.477 e. The average molecular weight is 199 g/mol. The molecule has 1 heterocycles. The first-order valence-electron chi connectivity index (χ1n) is 4.30. The highest BCUT2D eigenvalue weighted by Gasteiger charge is 2.10. The van der Waals surface area contributed by atoms with Crippen molar-refractivity contribution in [2.75, 3.05) is 11.9 Å². The van der Waals surface area contributed by atoms with Gasteiger partial charge in [0.2, 0.25) is 0 Å². The molecule has 1 aromatic rings. The topological polar surface area (TPSA) is 49.3 Å². The molecule has 0 unspecified atom stereocenters. The van der Waals surface area contributed by atoms with Crippen molar-refractivity contribution < 1.29 is 9.90 Å². The minimum atomic E-state index is -0.853. The van der Waals surface area contributed by atoms with Gasteiger partial charge in [0.15, 0.2) is 0 Å². The zero-order chi connectivity index (χ0) is 9.68. The first-order valence-corrected chi connectivity index (χ1v) is 5.18. The van der Waals surface area contributed by atoms with Crippen molar-refractivity contribution in [3.63, 3.8) is 0 Å². The van der Waals surface area contributed by atoms with Gasteiger partial charge < -0.3 is 10.4 Å². The van der Waals surface area contributed by atoms with Crippen LogP contribution in [0, 0.1) is 0 Å². The van der Waals surface area contributed by atoms with Crippen LogP contribution in [0.2, 0.25) is 0 Å². The molecule has 0 atom stereocenters. The number of carboxylic acids is 1. The molecule has 0 saturated carbocycles. The lowest BCUT2D eigenvalue weighted by atomic mass is 10.3. The highest BCUT2D eigenvalue weighted by atomic mass is 32.1. The van der Waals surface area contributed by atoms with Crippen LogP contribution in [0.15, 0.2) is 11.4 Å². The third-order valence-corrected chi connectivity index (χ3v) is 2.61. The van der Waals surface area contributed by atoms with Crippen LogP contribution in [0.25, 0.3) is 0 Å². The first-order chi connectivity index (χ1) is 6.25. The van der Waals surface area contributed by atoms with E-state index in [0.717, 1.165) is 25.1 Å². The summed E-state index contributed by atoms with van der Waals surface area (Å²) in [7, 11) is 0. The Kier molecular flexibility index (Phi) is 3.76. The van der Waals surface area contributed by atoms with Crippen LogP contribution >= 0.6 is 11.3 Å². The van der Waals surface area contributed by atoms with E-state index in [1.54, 1.807) is 5.38 Å². The monoisotopic (exact) mass is 199 g/mol. The van der Waals surface area contributed by atoms with E-state index in [0.29, 0.717) is 4.88 Å². The number of rotatable bonds is 5. The van der Waals surface area contributed by atoms with E-state index in [4.69, 9.17) is 5.11 Å². The van der Waals surface area contributed by atoms with Crippen molar-refractivity contribution in [2.24, 2.45) is 0 Å². The summed E-state index contributed by atoms with van der Waals surface area (Å²) in [6, 6.07) is 1.81. The molecule has 3 nitrogen and oxygen atoms in total. The summed E-state index contributed by atoms with van der Waals surface area (Å²) >= 11 is 1.25. The largest absolute Gasteiger partial charge is 0.477 e. The maximum atomic E-state index is 10.7. The summed E-state index contributed by atoms with van der Waals surface area (Å²) in [5.74, 6) is -0.853. The van der Waals surface area contributed by atoms with E-state index in [9.17, 15) is 4.79 Å². The summed E-state index contributed by atoms with van der Waals surface area (Å²) in [6.45, 7) is 2.95. The van der Waals surface area contributed by atoms with Gasteiger partial charge in [-0.15, -0.1) is 11.3 Å². The van der Waals surface area contributed by atoms with Crippen LogP contribution in [0.1, 0.15) is 29.4 Å². The zero-order valence-electron chi connectivity index (χ0n) is 7.54. The number of anilines is 1. The molecule has 0 saturated heterocycles. The quantitative estimate of drug-likeness (QED) is 0.717. The Morgan fingerprint density at radius 1 is 1.69 bits per heavy atom. The average Bonchev–Trinajstić information content (AvgIpc) is 2.53. The highest BCUT2D eigenvalue weighted by molar-refractivity contribution is 7.12. The van der Waals surface area contributed by atoms with Gasteiger partial charge in [-0.3, -0.25) is 0 Å². The maximum absolute atomic E-state index is 10.7. The molecule has 0 aliphatic carbocycles. The molecule has 0 fully saturated rings. The summed E-state index contributed by atoms with van der Waals surface area (Å²) in [4.78, 5) is 11.1. The Morgan fingerprint density at radius 3 is 3.08 bits per heavy atom. The summed E-state index contributed by atoms with van der Waals surface area (Å²) < 4.78 is 0. The predicted octanol–water partition coefficient (Wildman–Crippen LogP) is 2.66. The Morgan fingerprint density at radius 2 is 2.46 bits per heavy atom. The molecule has 0 aliphatic heterocycles. The van der Waals surface area contributed by atoms with E-state index in [-0.39, 0.29) is 0 Å². The fourth-order valence-corrected chi connectivity index (χ4v) is 1.72. The SMILES string of the molecule is CCCCNc1ccsc1C(=O)O. The fourth-order valence-electron chi connectivity index (χ4n) is 1.01. The molecule has 13 heavy (non-hydrogen) atoms. The number of hydrogen-bond donors (Lipinski definition) is 2. The molecule has 2 N–H and O–H groups in total. The lowest BCUT2D eigenvalue weighted by Crippen LogP contribution is -2.04. The van der Waals surface area contributed by atoms with Gasteiger partial charge >= 0.3 is 5.97 Å². The van der Waals surface area contributed by atoms with Gasteiger partial charge in [0.25, 0.3) is 0 Å². The number of aromatic carboxylic acids is 1. The number of thiophene rings is 1. The zero-order valence-corrected chi connectivity index (χ0v) is 8.36. The van der Waals surface area contributed by atoms with Crippen molar-refractivity contribution in [2.45, 2.75) is 19.8 Å². The summed E-state index contributed by atoms with van der Waals surface area (Å²) in [5, 5.41) is 13.7. The standard InChI is InChI=1S/C9H13NO2S/c1-2-3-5-10-7-4-6-13-8(7)9(11)12/h4,6,10H,2-3,5H2,1H3,(H,11,12). The van der Waals surface area contributed by atoms with Crippen molar-refractivity contribution in [1.29, 1.82) is 0 Å². The third-order valence-electron chi connectivity index (χ3n) is 1.71. The van der Waals surface area contributed by atoms with Gasteiger partial charge in [0.05, 0.1) is 5.69 Å². The van der Waals surface area contributed by atoms with Crippen LogP contribution in [0.4, 0.5) is 5.69 Å². The minimum absolute atomic E-state index is 0.399. The Hall–Kier alpha value is -1.03. The second-order valence-corrected chi connectivity index (χ2v) is 3.66. The highest BCUT2D eigenvalue weighted by Crippen LogP contribution is 2.21. The number of nitrogens with one attached hydrogen (secondary N) is 1. The molecule has 0 aromatic carbocycles. The lowest BCUT2D eigenvalue weighted by molar-refractivity contribution is 0.0703. The normalized spacial score (nSPS) is 9.92. The lowest BCUT2D eigenvalue weighted by Gasteiger charge is -2.03. The molecule has 4 heteroatoms. The molecule has 0 radical (unpaired) electrons. The third kappa shape index (κ3) is 2.73. The van der Waals surface area contributed by atoms with Crippen LogP contribution in [-0.2, 0) is 0 Å². The van der Waals surface area contributed by atoms with Gasteiger partial charge in [-0.05, 0) is 17.9 Å². The number of carboxylic acid groups (broad SMARTS) is 1. The van der Waals surface area contributed by atoms with Gasteiger partial charge in [0.1, 0.15) is 4.88 Å². The van der Waals surface area contributed by atoms with Gasteiger partial charge in [-0.25, -0.2) is 4.79 Å². The van der Waals surface area contributed by atoms with E-state index in [1.807, 2.05) is 6.07 Å². The van der Waals surface area contributed by atoms with Gasteiger partial charge in [-0.1, -0.05) is 13.3 Å². The molecule has 0 spiro atoms. The summed E-state index contributed by atoms with van der Waals surface area (Å²) in [5.41, 5.74) is 0.742. The van der Waals surface area contributed by atoms with Crippen LogP contribution < -0.4 is 5.32 Å². The van der Waals surface area contributed by atoms with E-state index in [1.165, 1.54) is 11.3 Å². The Bertz CT molecular complexity index is 283. The first kappa shape index (κ1) is 10.1. The van der Waals surface area contributed by atoms with E-state index in [2.05, 4.69) is 12.2 Å². The maximum Gasteiger partial charge on any atom is 0.348 e. The van der Waals surface area contributed by atoms with Gasteiger partial charge in [0, 0.05) is 6.54 Å². The molecule has 0 aliphatic rings. The van der Waals surface area contributed by atoms with Crippen LogP contribution in [-0.4, -0.2) is 17.6 Å². The van der Waals surface area contributed by atoms with Crippen molar-refractivity contribution in [3.8, 4) is 0 Å². The van der Waals surface area contributed by atoms with Crippen LogP contribution in [0.5, 0.6) is 0 Å². The number of unbranched alkanes of at least 4 members (excludes halogenated alkanes) is 1. The molecule has 0 amide bonds. The predicted molar refractivity (Wildman–Crippen MR) is 54.7 cm³/mol. The molecular weight excluding hydrogens is 186 g/mol. The van der Waals surface area contributed by atoms with Crippen molar-refractivity contribution in [3.05, 3.63) is 16.3 Å².